The molecule has 5 nitrogen and oxygen atoms in total. The molecule has 0 spiro atoms. The van der Waals surface area contributed by atoms with E-state index in [9.17, 15) is 13.2 Å². The monoisotopic (exact) mass is 494 g/mol. The smallest absolute Gasteiger partial charge is 0.421 e. The Labute approximate surface area is 173 Å². The van der Waals surface area contributed by atoms with Gasteiger partial charge in [0.2, 0.25) is 5.88 Å². The second-order valence-electron chi connectivity index (χ2n) is 5.36. The summed E-state index contributed by atoms with van der Waals surface area (Å²) in [5.74, 6) is 0.135. The highest BCUT2D eigenvalue weighted by Crippen LogP contribution is 2.34. The maximum absolute atomic E-state index is 12.9. The van der Waals surface area contributed by atoms with Gasteiger partial charge in [0, 0.05) is 19.8 Å². The van der Waals surface area contributed by atoms with E-state index in [2.05, 4.69) is 20.6 Å². The van der Waals surface area contributed by atoms with Crippen LogP contribution in [0.1, 0.15) is 11.1 Å². The summed E-state index contributed by atoms with van der Waals surface area (Å²) >= 11 is 0. The standard InChI is InChI=1S/C18H21F3N4O.HI/c1-22-17(24-11-9-14-6-3-2-4-7-14)25-12-13-26-16-15(18(19,20)21)8-5-10-23-16;/h2-8,10H,9,11-13H2,1H3,(H2,22,24,25);1H. The molecule has 1 aromatic heterocycles. The van der Waals surface area contributed by atoms with E-state index in [0.717, 1.165) is 12.5 Å². The van der Waals surface area contributed by atoms with E-state index in [1.165, 1.54) is 17.8 Å². The van der Waals surface area contributed by atoms with Crippen molar-refractivity contribution in [2.75, 3.05) is 26.7 Å². The molecular weight excluding hydrogens is 472 g/mol. The lowest BCUT2D eigenvalue weighted by Gasteiger charge is -2.14. The predicted molar refractivity (Wildman–Crippen MR) is 110 cm³/mol. The van der Waals surface area contributed by atoms with Gasteiger partial charge in [0.25, 0.3) is 0 Å². The molecule has 1 aromatic carbocycles. The van der Waals surface area contributed by atoms with E-state index < -0.39 is 17.6 Å². The highest BCUT2D eigenvalue weighted by molar-refractivity contribution is 14.0. The van der Waals surface area contributed by atoms with Gasteiger partial charge in [0.15, 0.2) is 5.96 Å². The van der Waals surface area contributed by atoms with Crippen LogP contribution in [0.25, 0.3) is 0 Å². The number of alkyl halides is 3. The minimum atomic E-state index is -4.49. The molecule has 2 N–H and O–H groups in total. The molecule has 0 aliphatic carbocycles. The zero-order valence-electron chi connectivity index (χ0n) is 14.8. The van der Waals surface area contributed by atoms with Gasteiger partial charge in [-0.05, 0) is 24.1 Å². The van der Waals surface area contributed by atoms with Crippen LogP contribution in [0.2, 0.25) is 0 Å². The number of hydrogen-bond acceptors (Lipinski definition) is 3. The quantitative estimate of drug-likeness (QED) is 0.268. The highest BCUT2D eigenvalue weighted by atomic mass is 127. The van der Waals surface area contributed by atoms with E-state index in [1.54, 1.807) is 7.05 Å². The summed E-state index contributed by atoms with van der Waals surface area (Å²) in [4.78, 5) is 7.71. The van der Waals surface area contributed by atoms with Crippen LogP contribution in [0.4, 0.5) is 13.2 Å². The third kappa shape index (κ3) is 8.02. The molecule has 0 fully saturated rings. The van der Waals surface area contributed by atoms with Gasteiger partial charge < -0.3 is 15.4 Å². The summed E-state index contributed by atoms with van der Waals surface area (Å²) in [6, 6.07) is 12.2. The second-order valence-corrected chi connectivity index (χ2v) is 5.36. The van der Waals surface area contributed by atoms with Gasteiger partial charge in [-0.3, -0.25) is 4.99 Å². The maximum Gasteiger partial charge on any atom is 0.421 e. The molecule has 2 aromatic rings. The van der Waals surface area contributed by atoms with Gasteiger partial charge in [-0.2, -0.15) is 13.2 Å². The summed E-state index contributed by atoms with van der Waals surface area (Å²) in [6.07, 6.45) is -2.39. The molecule has 9 heteroatoms. The Morgan fingerprint density at radius 3 is 2.44 bits per heavy atom. The molecule has 0 saturated carbocycles. The van der Waals surface area contributed by atoms with Crippen molar-refractivity contribution in [3.63, 3.8) is 0 Å². The third-order valence-corrected chi connectivity index (χ3v) is 3.48. The summed E-state index contributed by atoms with van der Waals surface area (Å²) in [6.45, 7) is 1.00. The molecular formula is C18H22F3IN4O. The number of nitrogens with one attached hydrogen (secondary N) is 2. The van der Waals surface area contributed by atoms with Crippen molar-refractivity contribution < 1.29 is 17.9 Å². The normalized spacial score (nSPS) is 11.5. The first kappa shape index (κ1) is 23.0. The lowest BCUT2D eigenvalue weighted by Crippen LogP contribution is -2.40. The minimum Gasteiger partial charge on any atom is -0.475 e. The van der Waals surface area contributed by atoms with Gasteiger partial charge in [-0.15, -0.1) is 24.0 Å². The Kier molecular flexibility index (Phi) is 9.90. The molecule has 27 heavy (non-hydrogen) atoms. The molecule has 148 valence electrons. The number of halogens is 4. The minimum absolute atomic E-state index is 0. The zero-order chi connectivity index (χ0) is 18.8. The maximum atomic E-state index is 12.9. The number of benzene rings is 1. The van der Waals surface area contributed by atoms with E-state index in [-0.39, 0.29) is 30.6 Å². The first-order valence-electron chi connectivity index (χ1n) is 8.14. The highest BCUT2D eigenvalue weighted by Gasteiger charge is 2.34. The second kappa shape index (κ2) is 11.6. The first-order valence-corrected chi connectivity index (χ1v) is 8.14. The number of pyridine rings is 1. The van der Waals surface area contributed by atoms with Crippen LogP contribution in [-0.2, 0) is 12.6 Å². The van der Waals surface area contributed by atoms with Crippen molar-refractivity contribution in [1.82, 2.24) is 15.6 Å². The van der Waals surface area contributed by atoms with Crippen molar-refractivity contribution in [2.45, 2.75) is 12.6 Å². The Morgan fingerprint density at radius 2 is 1.78 bits per heavy atom. The number of nitrogens with zero attached hydrogens (tertiary/aromatic N) is 2. The molecule has 0 radical (unpaired) electrons. The van der Waals surface area contributed by atoms with Crippen molar-refractivity contribution >= 4 is 29.9 Å². The molecule has 1 heterocycles. The van der Waals surface area contributed by atoms with Gasteiger partial charge in [0.05, 0.1) is 6.54 Å². The van der Waals surface area contributed by atoms with Crippen molar-refractivity contribution in [1.29, 1.82) is 0 Å². The molecule has 0 aliphatic heterocycles. The molecule has 0 saturated heterocycles. The van der Waals surface area contributed by atoms with Crippen LogP contribution in [0.3, 0.4) is 0 Å². The molecule has 0 bridgehead atoms. The molecule has 0 aliphatic rings. The van der Waals surface area contributed by atoms with E-state index in [1.807, 2.05) is 30.3 Å². The zero-order valence-corrected chi connectivity index (χ0v) is 17.1. The van der Waals surface area contributed by atoms with Crippen LogP contribution in [0, 0.1) is 0 Å². The molecule has 0 atom stereocenters. The first-order chi connectivity index (χ1) is 12.5. The number of ether oxygens (including phenoxy) is 1. The third-order valence-electron chi connectivity index (χ3n) is 3.48. The summed E-state index contributed by atoms with van der Waals surface area (Å²) in [5.41, 5.74) is 0.319. The Bertz CT molecular complexity index is 711. The summed E-state index contributed by atoms with van der Waals surface area (Å²) < 4.78 is 43.7. The predicted octanol–water partition coefficient (Wildman–Crippen LogP) is 3.50. The number of guanidine groups is 1. The summed E-state index contributed by atoms with van der Waals surface area (Å²) in [5, 5.41) is 6.13. The fraction of sp³-hybridized carbons (Fsp3) is 0.333. The van der Waals surface area contributed by atoms with Gasteiger partial charge in [0.1, 0.15) is 12.2 Å². The molecule has 0 unspecified atom stereocenters. The largest absolute Gasteiger partial charge is 0.475 e. The van der Waals surface area contributed by atoms with Crippen molar-refractivity contribution in [3.8, 4) is 5.88 Å². The van der Waals surface area contributed by atoms with Gasteiger partial charge in [-0.25, -0.2) is 4.98 Å². The number of rotatable bonds is 7. The average molecular weight is 494 g/mol. The average Bonchev–Trinajstić information content (AvgIpc) is 2.64. The lowest BCUT2D eigenvalue weighted by atomic mass is 10.1. The van der Waals surface area contributed by atoms with Gasteiger partial charge in [-0.1, -0.05) is 30.3 Å². The number of aromatic nitrogens is 1. The number of hydrogen-bond donors (Lipinski definition) is 2. The van der Waals surface area contributed by atoms with Crippen molar-refractivity contribution in [2.24, 2.45) is 4.99 Å². The van der Waals surface area contributed by atoms with Crippen molar-refractivity contribution in [3.05, 3.63) is 59.8 Å². The molecule has 2 rings (SSSR count). The molecule has 0 amide bonds. The van der Waals surface area contributed by atoms with Crippen LogP contribution < -0.4 is 15.4 Å². The van der Waals surface area contributed by atoms with Crippen LogP contribution >= 0.6 is 24.0 Å². The Hall–Kier alpha value is -2.04. The fourth-order valence-electron chi connectivity index (χ4n) is 2.23. The topological polar surface area (TPSA) is 58.5 Å². The Balaban J connectivity index is 0.00000364. The van der Waals surface area contributed by atoms with Crippen LogP contribution in [0.5, 0.6) is 5.88 Å². The lowest BCUT2D eigenvalue weighted by molar-refractivity contribution is -0.139. The fourth-order valence-corrected chi connectivity index (χ4v) is 2.23. The van der Waals surface area contributed by atoms with E-state index in [4.69, 9.17) is 4.74 Å². The van der Waals surface area contributed by atoms with Crippen LogP contribution in [-0.4, -0.2) is 37.7 Å². The van der Waals surface area contributed by atoms with Gasteiger partial charge >= 0.3 is 6.18 Å². The summed E-state index contributed by atoms with van der Waals surface area (Å²) in [7, 11) is 1.62. The van der Waals surface area contributed by atoms with E-state index >= 15 is 0 Å². The Morgan fingerprint density at radius 1 is 1.07 bits per heavy atom. The van der Waals surface area contributed by atoms with E-state index in [0.29, 0.717) is 19.0 Å². The number of aliphatic imine (C=N–C) groups is 1. The van der Waals surface area contributed by atoms with Crippen LogP contribution in [0.15, 0.2) is 53.7 Å². The SMILES string of the molecule is CN=C(NCCOc1ncccc1C(F)(F)F)NCCc1ccccc1.I.